The van der Waals surface area contributed by atoms with Crippen LogP contribution >= 0.6 is 23.2 Å². The molecule has 0 radical (unpaired) electrons. The van der Waals surface area contributed by atoms with Gasteiger partial charge in [0.2, 0.25) is 5.95 Å². The molecule has 2 aliphatic heterocycles. The zero-order valence-electron chi connectivity index (χ0n) is 19.1. The molecular weight excluding hydrogens is 459 g/mol. The number of β-amino-alcohol motifs (C(OH)–C–C–N with tert-alkyl or cyclic N) is 1. The molecule has 9 heteroatoms. The Hall–Kier alpha value is -1.93. The quantitative estimate of drug-likeness (QED) is 0.560. The number of fused-ring (bicyclic) bond motifs is 1. The Morgan fingerprint density at radius 1 is 1.18 bits per heavy atom. The number of anilines is 1. The van der Waals surface area contributed by atoms with E-state index in [1.807, 2.05) is 29.9 Å². The number of halogens is 2. The number of piperidine rings is 1. The summed E-state index contributed by atoms with van der Waals surface area (Å²) >= 11 is 12.6. The van der Waals surface area contributed by atoms with E-state index in [2.05, 4.69) is 21.7 Å². The Balaban J connectivity index is 1.35. The number of hydrogen-bond acceptors (Lipinski definition) is 6. The third-order valence-electron chi connectivity index (χ3n) is 7.22. The number of benzene rings is 1. The van der Waals surface area contributed by atoms with Crippen molar-refractivity contribution in [3.05, 3.63) is 45.7 Å². The van der Waals surface area contributed by atoms with E-state index in [0.717, 1.165) is 61.0 Å². The predicted molar refractivity (Wildman–Crippen MR) is 132 cm³/mol. The Labute approximate surface area is 204 Å². The van der Waals surface area contributed by atoms with Crippen LogP contribution in [0.2, 0.25) is 10.0 Å². The molecule has 5 rings (SSSR count). The maximum atomic E-state index is 9.27. The molecule has 1 N–H and O–H groups in total. The van der Waals surface area contributed by atoms with Crippen molar-refractivity contribution in [3.63, 3.8) is 0 Å². The maximum absolute atomic E-state index is 9.27. The summed E-state index contributed by atoms with van der Waals surface area (Å²) in [6.45, 7) is 9.24. The number of aliphatic hydroxyl groups excluding tert-OH is 1. The van der Waals surface area contributed by atoms with Gasteiger partial charge in [-0.3, -0.25) is 0 Å². The molecule has 2 aromatic heterocycles. The fraction of sp³-hybridized carbons (Fsp3) is 0.542. The average Bonchev–Trinajstić information content (AvgIpc) is 3.09. The van der Waals surface area contributed by atoms with E-state index < -0.39 is 0 Å². The summed E-state index contributed by atoms with van der Waals surface area (Å²) < 4.78 is 1.94. The third kappa shape index (κ3) is 4.44. The molecule has 0 amide bonds. The van der Waals surface area contributed by atoms with Gasteiger partial charge in [-0.15, -0.1) is 0 Å². The molecule has 2 atom stereocenters. The topological polar surface area (TPSA) is 70.3 Å². The van der Waals surface area contributed by atoms with Gasteiger partial charge in [-0.05, 0) is 62.8 Å². The highest BCUT2D eigenvalue weighted by Gasteiger charge is 2.37. The van der Waals surface area contributed by atoms with Crippen molar-refractivity contribution in [3.8, 4) is 0 Å². The van der Waals surface area contributed by atoms with Crippen LogP contribution in [0.15, 0.2) is 24.4 Å². The van der Waals surface area contributed by atoms with Crippen LogP contribution in [0, 0.1) is 18.8 Å². The monoisotopic (exact) mass is 488 g/mol. The van der Waals surface area contributed by atoms with E-state index in [1.165, 1.54) is 12.8 Å². The molecule has 2 aliphatic rings. The second kappa shape index (κ2) is 9.37. The average molecular weight is 489 g/mol. The SMILES string of the molecule is Cc1nn(C(C)c2ccc(Cl)cc2Cl)c2nc(N3CC(C4CCCN(CCO)C4)C3)ncc12. The normalized spacial score (nSPS) is 20.9. The molecule has 33 heavy (non-hydrogen) atoms. The molecule has 7 nitrogen and oxygen atoms in total. The summed E-state index contributed by atoms with van der Waals surface area (Å²) in [5.41, 5.74) is 2.69. The van der Waals surface area contributed by atoms with Gasteiger partial charge in [-0.1, -0.05) is 29.3 Å². The highest BCUT2D eigenvalue weighted by atomic mass is 35.5. The fourth-order valence-corrected chi connectivity index (χ4v) is 5.81. The molecule has 0 bridgehead atoms. The van der Waals surface area contributed by atoms with Crippen LogP contribution in [0.5, 0.6) is 0 Å². The summed E-state index contributed by atoms with van der Waals surface area (Å²) in [7, 11) is 0. The van der Waals surface area contributed by atoms with Crippen LogP contribution in [-0.2, 0) is 0 Å². The molecule has 2 unspecified atom stereocenters. The second-order valence-electron chi connectivity index (χ2n) is 9.37. The summed E-state index contributed by atoms with van der Waals surface area (Å²) in [6, 6.07) is 5.48. The van der Waals surface area contributed by atoms with Crippen molar-refractivity contribution in [2.75, 3.05) is 44.2 Å². The number of aromatic nitrogens is 4. The molecule has 3 aromatic rings. The molecule has 4 heterocycles. The molecule has 0 aliphatic carbocycles. The van der Waals surface area contributed by atoms with E-state index >= 15 is 0 Å². The number of nitrogens with zero attached hydrogens (tertiary/aromatic N) is 6. The molecular formula is C24H30Cl2N6O. The lowest BCUT2D eigenvalue weighted by Crippen LogP contribution is -2.54. The number of hydrogen-bond donors (Lipinski definition) is 1. The minimum atomic E-state index is -0.0856. The first-order chi connectivity index (χ1) is 15.9. The number of rotatable bonds is 6. The number of aliphatic hydroxyl groups is 1. The smallest absolute Gasteiger partial charge is 0.227 e. The number of likely N-dealkylation sites (tertiary alicyclic amines) is 1. The summed E-state index contributed by atoms with van der Waals surface area (Å²) in [4.78, 5) is 14.3. The summed E-state index contributed by atoms with van der Waals surface area (Å²) in [6.07, 6.45) is 4.38. The van der Waals surface area contributed by atoms with E-state index in [4.69, 9.17) is 33.3 Å². The largest absolute Gasteiger partial charge is 0.395 e. The van der Waals surface area contributed by atoms with Gasteiger partial charge in [-0.2, -0.15) is 10.1 Å². The molecule has 2 saturated heterocycles. The lowest BCUT2D eigenvalue weighted by molar-refractivity contribution is 0.101. The first kappa shape index (κ1) is 22.8. The second-order valence-corrected chi connectivity index (χ2v) is 10.2. The molecule has 1 aromatic carbocycles. The first-order valence-corrected chi connectivity index (χ1v) is 12.4. The van der Waals surface area contributed by atoms with Gasteiger partial charge in [0, 0.05) is 42.4 Å². The highest BCUT2D eigenvalue weighted by molar-refractivity contribution is 6.35. The maximum Gasteiger partial charge on any atom is 0.227 e. The van der Waals surface area contributed by atoms with Crippen LogP contribution in [0.1, 0.15) is 37.1 Å². The lowest BCUT2D eigenvalue weighted by Gasteiger charge is -2.46. The lowest BCUT2D eigenvalue weighted by atomic mass is 9.81. The van der Waals surface area contributed by atoms with Crippen molar-refractivity contribution in [1.82, 2.24) is 24.6 Å². The summed E-state index contributed by atoms with van der Waals surface area (Å²) in [5.74, 6) is 2.10. The standard InChI is InChI=1S/C24H30Cl2N6O/c1-15-21-11-27-24(31-13-18(14-31)17-4-3-7-30(12-17)8-9-33)28-23(21)32(29-15)16(2)20-6-5-19(25)10-22(20)26/h5-6,10-11,16-18,33H,3-4,7-9,12-14H2,1-2H3. The summed E-state index contributed by atoms with van der Waals surface area (Å²) in [5, 5.41) is 16.2. The van der Waals surface area contributed by atoms with Crippen molar-refractivity contribution in [2.45, 2.75) is 32.7 Å². The van der Waals surface area contributed by atoms with Crippen LogP contribution in [0.3, 0.4) is 0 Å². The van der Waals surface area contributed by atoms with Crippen molar-refractivity contribution >= 4 is 40.2 Å². The highest BCUT2D eigenvalue weighted by Crippen LogP contribution is 2.34. The minimum absolute atomic E-state index is 0.0856. The van der Waals surface area contributed by atoms with Gasteiger partial charge in [0.1, 0.15) is 0 Å². The van der Waals surface area contributed by atoms with Gasteiger partial charge in [0.05, 0.1) is 23.7 Å². The molecule has 0 spiro atoms. The Bertz CT molecular complexity index is 1140. The Morgan fingerprint density at radius 3 is 2.76 bits per heavy atom. The van der Waals surface area contributed by atoms with Gasteiger partial charge in [0.25, 0.3) is 0 Å². The zero-order valence-corrected chi connectivity index (χ0v) is 20.6. The van der Waals surface area contributed by atoms with Crippen molar-refractivity contribution in [1.29, 1.82) is 0 Å². The van der Waals surface area contributed by atoms with Gasteiger partial charge >= 0.3 is 0 Å². The fourth-order valence-electron chi connectivity index (χ4n) is 5.25. The minimum Gasteiger partial charge on any atom is -0.395 e. The van der Waals surface area contributed by atoms with Gasteiger partial charge in [-0.25, -0.2) is 9.67 Å². The molecule has 2 fully saturated rings. The Morgan fingerprint density at radius 2 is 2.00 bits per heavy atom. The van der Waals surface area contributed by atoms with E-state index in [0.29, 0.717) is 21.9 Å². The first-order valence-electron chi connectivity index (χ1n) is 11.7. The van der Waals surface area contributed by atoms with Crippen LogP contribution < -0.4 is 4.90 Å². The van der Waals surface area contributed by atoms with E-state index in [-0.39, 0.29) is 12.6 Å². The van der Waals surface area contributed by atoms with Gasteiger partial charge < -0.3 is 14.9 Å². The van der Waals surface area contributed by atoms with E-state index in [1.54, 1.807) is 6.07 Å². The zero-order chi connectivity index (χ0) is 23.1. The molecule has 0 saturated carbocycles. The van der Waals surface area contributed by atoms with Crippen LogP contribution in [0.4, 0.5) is 5.95 Å². The molecule has 176 valence electrons. The number of aryl methyl sites for hydroxylation is 1. The Kier molecular flexibility index (Phi) is 6.49. The third-order valence-corrected chi connectivity index (χ3v) is 7.78. The predicted octanol–water partition coefficient (Wildman–Crippen LogP) is 4.19. The van der Waals surface area contributed by atoms with Crippen molar-refractivity contribution < 1.29 is 5.11 Å². The van der Waals surface area contributed by atoms with Crippen LogP contribution in [-0.4, -0.2) is 69.1 Å². The van der Waals surface area contributed by atoms with E-state index in [9.17, 15) is 5.11 Å². The van der Waals surface area contributed by atoms with Crippen molar-refractivity contribution in [2.24, 2.45) is 11.8 Å². The van der Waals surface area contributed by atoms with Gasteiger partial charge in [0.15, 0.2) is 5.65 Å². The van der Waals surface area contributed by atoms with Crippen LogP contribution in [0.25, 0.3) is 11.0 Å².